The molecule has 0 bridgehead atoms. The quantitative estimate of drug-likeness (QED) is 0.590. The molecule has 1 N–H and O–H groups in total. The first-order chi connectivity index (χ1) is 4.62. The molecule has 0 spiro atoms. The number of ether oxygens (including phenoxy) is 1. The molecular formula is C8H14O2. The highest BCUT2D eigenvalue weighted by atomic mass is 16.5. The summed E-state index contributed by atoms with van der Waals surface area (Å²) in [7, 11) is 0. The van der Waals surface area contributed by atoms with Crippen molar-refractivity contribution in [3.63, 3.8) is 0 Å². The zero-order chi connectivity index (χ0) is 8.04. The van der Waals surface area contributed by atoms with E-state index in [1.165, 1.54) is 0 Å². The van der Waals surface area contributed by atoms with E-state index in [2.05, 4.69) is 11.8 Å². The van der Waals surface area contributed by atoms with Gasteiger partial charge in [0.2, 0.25) is 0 Å². The van der Waals surface area contributed by atoms with E-state index >= 15 is 0 Å². The minimum absolute atomic E-state index is 0.0504. The molecule has 0 saturated carbocycles. The van der Waals surface area contributed by atoms with Crippen LogP contribution < -0.4 is 0 Å². The van der Waals surface area contributed by atoms with Crippen LogP contribution in [0.1, 0.15) is 20.8 Å². The molecule has 0 aromatic rings. The van der Waals surface area contributed by atoms with E-state index in [4.69, 9.17) is 9.84 Å². The molecule has 0 unspecified atom stereocenters. The first-order valence-corrected chi connectivity index (χ1v) is 3.31. The molecule has 0 atom stereocenters. The van der Waals surface area contributed by atoms with Crippen LogP contribution in [-0.2, 0) is 4.74 Å². The van der Waals surface area contributed by atoms with Gasteiger partial charge in [-0.3, -0.25) is 0 Å². The fourth-order valence-electron chi connectivity index (χ4n) is 0.638. The van der Waals surface area contributed by atoms with E-state index in [0.717, 1.165) is 0 Å². The second kappa shape index (κ2) is 4.32. The number of hydrogen-bond acceptors (Lipinski definition) is 2. The van der Waals surface area contributed by atoms with Crippen molar-refractivity contribution in [2.75, 3.05) is 13.2 Å². The van der Waals surface area contributed by atoms with E-state index in [-0.39, 0.29) is 6.61 Å². The van der Waals surface area contributed by atoms with E-state index < -0.39 is 5.60 Å². The minimum atomic E-state index is -0.419. The lowest BCUT2D eigenvalue weighted by atomic mass is 10.1. The van der Waals surface area contributed by atoms with E-state index in [9.17, 15) is 0 Å². The predicted molar refractivity (Wildman–Crippen MR) is 40.6 cm³/mol. The third-order valence-corrected chi connectivity index (χ3v) is 0.980. The Morgan fingerprint density at radius 2 is 2.10 bits per heavy atom. The van der Waals surface area contributed by atoms with Crippen molar-refractivity contribution in [2.45, 2.75) is 26.4 Å². The Balaban J connectivity index is 3.71. The number of aliphatic hydroxyl groups excluding tert-OH is 1. The van der Waals surface area contributed by atoms with Gasteiger partial charge in [0.25, 0.3) is 0 Å². The molecule has 0 aliphatic rings. The molecule has 2 heteroatoms. The van der Waals surface area contributed by atoms with Crippen LogP contribution in [0.25, 0.3) is 0 Å². The Morgan fingerprint density at radius 3 is 2.50 bits per heavy atom. The molecule has 0 heterocycles. The number of aliphatic hydroxyl groups is 1. The predicted octanol–water partition coefficient (Wildman–Crippen LogP) is 0.797. The van der Waals surface area contributed by atoms with Crippen LogP contribution >= 0.6 is 0 Å². The van der Waals surface area contributed by atoms with Gasteiger partial charge in [0, 0.05) is 0 Å². The summed E-state index contributed by atoms with van der Waals surface area (Å²) < 4.78 is 5.20. The Labute approximate surface area is 62.2 Å². The fourth-order valence-corrected chi connectivity index (χ4v) is 0.638. The summed E-state index contributed by atoms with van der Waals surface area (Å²) in [6, 6.07) is 0. The zero-order valence-corrected chi connectivity index (χ0v) is 6.77. The monoisotopic (exact) mass is 142 g/mol. The normalized spacial score (nSPS) is 10.4. The van der Waals surface area contributed by atoms with Crippen LogP contribution in [0.4, 0.5) is 0 Å². The summed E-state index contributed by atoms with van der Waals surface area (Å²) in [6.07, 6.45) is 0. The fraction of sp³-hybridized carbons (Fsp3) is 0.750. The molecule has 0 aliphatic carbocycles. The Kier molecular flexibility index (Phi) is 4.10. The molecule has 0 aliphatic heterocycles. The number of rotatable bonds is 3. The van der Waals surface area contributed by atoms with E-state index in [1.807, 2.05) is 13.8 Å². The molecule has 0 aromatic heterocycles. The molecule has 0 fully saturated rings. The van der Waals surface area contributed by atoms with Crippen molar-refractivity contribution in [1.29, 1.82) is 0 Å². The standard InChI is InChI=1S/C8H14O2/c1-4-5-8(2,3)10-7-6-9/h9H,6-7H2,1-3H3. The van der Waals surface area contributed by atoms with Gasteiger partial charge < -0.3 is 9.84 Å². The van der Waals surface area contributed by atoms with Crippen molar-refractivity contribution in [1.82, 2.24) is 0 Å². The van der Waals surface area contributed by atoms with Crippen molar-refractivity contribution < 1.29 is 9.84 Å². The molecule has 2 nitrogen and oxygen atoms in total. The lowest BCUT2D eigenvalue weighted by Gasteiger charge is -2.17. The minimum Gasteiger partial charge on any atom is -0.394 e. The van der Waals surface area contributed by atoms with Gasteiger partial charge in [-0.05, 0) is 20.8 Å². The summed E-state index contributed by atoms with van der Waals surface area (Å²) in [4.78, 5) is 0. The maximum atomic E-state index is 8.42. The maximum absolute atomic E-state index is 8.42. The average molecular weight is 142 g/mol. The molecule has 0 amide bonds. The average Bonchev–Trinajstić information content (AvgIpc) is 1.84. The van der Waals surface area contributed by atoms with Crippen LogP contribution in [-0.4, -0.2) is 23.9 Å². The van der Waals surface area contributed by atoms with Crippen LogP contribution in [0.15, 0.2) is 0 Å². The SMILES string of the molecule is CC#CC(C)(C)OCCO. The molecule has 58 valence electrons. The van der Waals surface area contributed by atoms with Crippen LogP contribution in [0.5, 0.6) is 0 Å². The summed E-state index contributed by atoms with van der Waals surface area (Å²) in [6.45, 7) is 5.92. The molecular weight excluding hydrogens is 128 g/mol. The second-order valence-electron chi connectivity index (χ2n) is 2.46. The summed E-state index contributed by atoms with van der Waals surface area (Å²) in [5.74, 6) is 5.63. The van der Waals surface area contributed by atoms with Crippen LogP contribution in [0.2, 0.25) is 0 Å². The van der Waals surface area contributed by atoms with Crippen LogP contribution in [0, 0.1) is 11.8 Å². The van der Waals surface area contributed by atoms with Gasteiger partial charge >= 0.3 is 0 Å². The largest absolute Gasteiger partial charge is 0.394 e. The Hall–Kier alpha value is -0.520. The van der Waals surface area contributed by atoms with Gasteiger partial charge in [0.1, 0.15) is 5.60 Å². The topological polar surface area (TPSA) is 29.5 Å². The van der Waals surface area contributed by atoms with Gasteiger partial charge in [-0.2, -0.15) is 0 Å². The first kappa shape index (κ1) is 9.48. The van der Waals surface area contributed by atoms with Crippen molar-refractivity contribution >= 4 is 0 Å². The molecule has 10 heavy (non-hydrogen) atoms. The first-order valence-electron chi connectivity index (χ1n) is 3.31. The lowest BCUT2D eigenvalue weighted by Crippen LogP contribution is -2.23. The van der Waals surface area contributed by atoms with Gasteiger partial charge in [-0.25, -0.2) is 0 Å². The summed E-state index contributed by atoms with van der Waals surface area (Å²) >= 11 is 0. The third kappa shape index (κ3) is 4.37. The van der Waals surface area contributed by atoms with Crippen molar-refractivity contribution in [3.8, 4) is 11.8 Å². The highest BCUT2D eigenvalue weighted by molar-refractivity contribution is 5.08. The van der Waals surface area contributed by atoms with Crippen molar-refractivity contribution in [3.05, 3.63) is 0 Å². The molecule has 0 saturated heterocycles. The maximum Gasteiger partial charge on any atom is 0.123 e. The van der Waals surface area contributed by atoms with E-state index in [0.29, 0.717) is 6.61 Å². The van der Waals surface area contributed by atoms with E-state index in [1.54, 1.807) is 6.92 Å². The van der Waals surface area contributed by atoms with Gasteiger partial charge in [0.15, 0.2) is 0 Å². The smallest absolute Gasteiger partial charge is 0.123 e. The molecule has 0 radical (unpaired) electrons. The molecule has 0 rings (SSSR count). The Morgan fingerprint density at radius 1 is 1.50 bits per heavy atom. The van der Waals surface area contributed by atoms with Crippen molar-refractivity contribution in [2.24, 2.45) is 0 Å². The second-order valence-corrected chi connectivity index (χ2v) is 2.46. The summed E-state index contributed by atoms with van der Waals surface area (Å²) in [5, 5.41) is 8.42. The zero-order valence-electron chi connectivity index (χ0n) is 6.77. The van der Waals surface area contributed by atoms with Gasteiger partial charge in [-0.15, -0.1) is 5.92 Å². The van der Waals surface area contributed by atoms with Gasteiger partial charge in [0.05, 0.1) is 13.2 Å². The summed E-state index contributed by atoms with van der Waals surface area (Å²) in [5.41, 5.74) is -0.419. The third-order valence-electron chi connectivity index (χ3n) is 0.980. The molecule has 0 aromatic carbocycles. The van der Waals surface area contributed by atoms with Gasteiger partial charge in [-0.1, -0.05) is 5.92 Å². The highest BCUT2D eigenvalue weighted by Gasteiger charge is 2.12. The number of hydrogen-bond donors (Lipinski definition) is 1. The Bertz CT molecular complexity index is 139. The van der Waals surface area contributed by atoms with Crippen LogP contribution in [0.3, 0.4) is 0 Å². The lowest BCUT2D eigenvalue weighted by molar-refractivity contribution is 0.00602. The highest BCUT2D eigenvalue weighted by Crippen LogP contribution is 2.05.